The lowest BCUT2D eigenvalue weighted by atomic mass is 10.2. The summed E-state index contributed by atoms with van der Waals surface area (Å²) in [6.45, 7) is 6.17. The summed E-state index contributed by atoms with van der Waals surface area (Å²) in [5, 5.41) is -0.137. The van der Waals surface area contributed by atoms with Crippen LogP contribution >= 0.6 is 11.6 Å². The van der Waals surface area contributed by atoms with Crippen LogP contribution in [0, 0.1) is 13.8 Å². The van der Waals surface area contributed by atoms with E-state index < -0.39 is 0 Å². The Morgan fingerprint density at radius 3 is 2.55 bits per heavy atom. The highest BCUT2D eigenvalue weighted by molar-refractivity contribution is 6.20. The van der Waals surface area contributed by atoms with Gasteiger partial charge in [0, 0.05) is 5.69 Å². The molecule has 0 saturated heterocycles. The van der Waals surface area contributed by atoms with Gasteiger partial charge in [0.2, 0.25) is 0 Å². The van der Waals surface area contributed by atoms with E-state index in [1.807, 2.05) is 19.1 Å². The first-order chi connectivity index (χ1) is 9.58. The predicted octanol–water partition coefficient (Wildman–Crippen LogP) is 4.94. The van der Waals surface area contributed by atoms with Crippen LogP contribution in [0.4, 0.5) is 0 Å². The van der Waals surface area contributed by atoms with Crippen molar-refractivity contribution in [3.63, 3.8) is 0 Å². The Labute approximate surface area is 124 Å². The second-order valence-corrected chi connectivity index (χ2v) is 5.86. The molecule has 0 radical (unpaired) electrons. The van der Waals surface area contributed by atoms with Crippen LogP contribution in [0.3, 0.4) is 0 Å². The van der Waals surface area contributed by atoms with Crippen molar-refractivity contribution in [2.45, 2.75) is 26.1 Å². The first-order valence-electron chi connectivity index (χ1n) is 6.77. The number of alkyl halides is 1. The number of aromatic nitrogens is 2. The molecule has 0 aliphatic rings. The quantitative estimate of drug-likeness (QED) is 0.609. The number of imidazole rings is 1. The largest absolute Gasteiger partial charge is 0.295 e. The Bertz CT molecular complexity index is 772. The third-order valence-electron chi connectivity index (χ3n) is 3.52. The van der Waals surface area contributed by atoms with Crippen molar-refractivity contribution in [1.82, 2.24) is 9.55 Å². The molecule has 0 aliphatic carbocycles. The lowest BCUT2D eigenvalue weighted by Gasteiger charge is -2.12. The van der Waals surface area contributed by atoms with Gasteiger partial charge in [0.15, 0.2) is 0 Å². The molecule has 1 unspecified atom stereocenters. The topological polar surface area (TPSA) is 17.8 Å². The Morgan fingerprint density at radius 1 is 1.10 bits per heavy atom. The number of fused-ring (bicyclic) bond motifs is 1. The average Bonchev–Trinajstić information content (AvgIpc) is 2.80. The second-order valence-electron chi connectivity index (χ2n) is 5.20. The van der Waals surface area contributed by atoms with Crippen molar-refractivity contribution in [2.24, 2.45) is 0 Å². The lowest BCUT2D eigenvalue weighted by molar-refractivity contribution is 0.880. The molecule has 1 aromatic heterocycles. The first-order valence-corrected chi connectivity index (χ1v) is 7.20. The summed E-state index contributed by atoms with van der Waals surface area (Å²) in [6.07, 6.45) is 0. The van der Waals surface area contributed by atoms with Gasteiger partial charge in [-0.2, -0.15) is 0 Å². The van der Waals surface area contributed by atoms with E-state index in [0.29, 0.717) is 0 Å². The number of benzene rings is 2. The predicted molar refractivity (Wildman–Crippen MR) is 84.8 cm³/mol. The van der Waals surface area contributed by atoms with Crippen molar-refractivity contribution in [2.75, 3.05) is 0 Å². The van der Waals surface area contributed by atoms with Crippen LogP contribution in [0.1, 0.15) is 29.3 Å². The van der Waals surface area contributed by atoms with Crippen molar-refractivity contribution in [3.8, 4) is 5.69 Å². The highest BCUT2D eigenvalue weighted by Gasteiger charge is 2.17. The molecule has 3 aromatic rings. The maximum absolute atomic E-state index is 6.34. The van der Waals surface area contributed by atoms with Gasteiger partial charge in [-0.1, -0.05) is 24.3 Å². The minimum absolute atomic E-state index is 0.137. The fourth-order valence-corrected chi connectivity index (χ4v) is 2.75. The molecule has 20 heavy (non-hydrogen) atoms. The third kappa shape index (κ3) is 2.10. The maximum atomic E-state index is 6.34. The van der Waals surface area contributed by atoms with Crippen molar-refractivity contribution in [3.05, 3.63) is 59.4 Å². The third-order valence-corrected chi connectivity index (χ3v) is 3.71. The molecule has 0 fully saturated rings. The van der Waals surface area contributed by atoms with Gasteiger partial charge in [0.25, 0.3) is 0 Å². The van der Waals surface area contributed by atoms with Gasteiger partial charge < -0.3 is 0 Å². The van der Waals surface area contributed by atoms with Gasteiger partial charge in [-0.25, -0.2) is 4.98 Å². The monoisotopic (exact) mass is 284 g/mol. The summed E-state index contributed by atoms with van der Waals surface area (Å²) < 4.78 is 2.18. The molecule has 2 nitrogen and oxygen atoms in total. The number of halogens is 1. The normalized spacial score (nSPS) is 12.8. The summed E-state index contributed by atoms with van der Waals surface area (Å²) in [5.74, 6) is 0.890. The minimum atomic E-state index is -0.137. The van der Waals surface area contributed by atoms with Crippen molar-refractivity contribution >= 4 is 22.6 Å². The molecule has 1 atom stereocenters. The molecule has 0 aliphatic heterocycles. The molecule has 0 N–H and O–H groups in total. The number of rotatable bonds is 2. The zero-order valence-electron chi connectivity index (χ0n) is 11.9. The smallest absolute Gasteiger partial charge is 0.132 e. The van der Waals surface area contributed by atoms with Crippen molar-refractivity contribution in [1.29, 1.82) is 0 Å². The first kappa shape index (κ1) is 13.2. The molecule has 2 aromatic carbocycles. The lowest BCUT2D eigenvalue weighted by Crippen LogP contribution is -2.02. The standard InChI is InChI=1S/C17H17ClN2/c1-11-6-4-8-14(10-11)20-16-12(2)7-5-9-15(16)19-17(20)13(3)18/h4-10,13H,1-3H3. The fraction of sp³-hybridized carbons (Fsp3) is 0.235. The molecule has 0 bridgehead atoms. The molecule has 0 amide bonds. The van der Waals surface area contributed by atoms with Crippen molar-refractivity contribution < 1.29 is 0 Å². The van der Waals surface area contributed by atoms with E-state index >= 15 is 0 Å². The summed E-state index contributed by atoms with van der Waals surface area (Å²) in [6, 6.07) is 14.6. The van der Waals surface area contributed by atoms with Gasteiger partial charge >= 0.3 is 0 Å². The van der Waals surface area contributed by atoms with Crippen LogP contribution < -0.4 is 0 Å². The molecule has 3 rings (SSSR count). The number of hydrogen-bond acceptors (Lipinski definition) is 1. The van der Waals surface area contributed by atoms with Gasteiger partial charge in [-0.05, 0) is 50.1 Å². The number of aryl methyl sites for hydroxylation is 2. The molecule has 3 heteroatoms. The van der Waals surface area contributed by atoms with E-state index in [1.54, 1.807) is 0 Å². The van der Waals surface area contributed by atoms with Crippen LogP contribution in [-0.2, 0) is 0 Å². The number of nitrogens with zero attached hydrogens (tertiary/aromatic N) is 2. The van der Waals surface area contributed by atoms with E-state index in [2.05, 4.69) is 48.7 Å². The second kappa shape index (κ2) is 4.95. The van der Waals surface area contributed by atoms with E-state index in [-0.39, 0.29) is 5.38 Å². The maximum Gasteiger partial charge on any atom is 0.132 e. The van der Waals surface area contributed by atoms with E-state index in [1.165, 1.54) is 11.1 Å². The highest BCUT2D eigenvalue weighted by Crippen LogP contribution is 2.30. The number of para-hydroxylation sites is 1. The Morgan fingerprint density at radius 2 is 1.85 bits per heavy atom. The fourth-order valence-electron chi connectivity index (χ4n) is 2.61. The Kier molecular flexibility index (Phi) is 3.27. The summed E-state index contributed by atoms with van der Waals surface area (Å²) in [5.41, 5.74) is 5.69. The number of hydrogen-bond donors (Lipinski definition) is 0. The van der Waals surface area contributed by atoms with Crippen LogP contribution in [-0.4, -0.2) is 9.55 Å². The summed E-state index contributed by atoms with van der Waals surface area (Å²) in [4.78, 5) is 4.71. The zero-order valence-corrected chi connectivity index (χ0v) is 12.6. The zero-order chi connectivity index (χ0) is 14.3. The van der Waals surface area contributed by atoms with Gasteiger partial charge in [0.05, 0.1) is 16.4 Å². The average molecular weight is 285 g/mol. The van der Waals surface area contributed by atoms with Gasteiger partial charge in [-0.15, -0.1) is 11.6 Å². The highest BCUT2D eigenvalue weighted by atomic mass is 35.5. The summed E-state index contributed by atoms with van der Waals surface area (Å²) in [7, 11) is 0. The Hall–Kier alpha value is -1.80. The summed E-state index contributed by atoms with van der Waals surface area (Å²) >= 11 is 6.34. The van der Waals surface area contributed by atoms with Gasteiger partial charge in [0.1, 0.15) is 5.82 Å². The van der Waals surface area contributed by atoms with Crippen LogP contribution in [0.15, 0.2) is 42.5 Å². The van der Waals surface area contributed by atoms with E-state index in [0.717, 1.165) is 22.5 Å². The molecule has 102 valence electrons. The molecule has 0 spiro atoms. The van der Waals surface area contributed by atoms with Crippen LogP contribution in [0.5, 0.6) is 0 Å². The molecule has 0 saturated carbocycles. The molecular weight excluding hydrogens is 268 g/mol. The van der Waals surface area contributed by atoms with E-state index in [4.69, 9.17) is 16.6 Å². The SMILES string of the molecule is Cc1cccc(-n2c(C(C)Cl)nc3cccc(C)c32)c1. The van der Waals surface area contributed by atoms with Crippen LogP contribution in [0.2, 0.25) is 0 Å². The minimum Gasteiger partial charge on any atom is -0.295 e. The van der Waals surface area contributed by atoms with Gasteiger partial charge in [-0.3, -0.25) is 4.57 Å². The van der Waals surface area contributed by atoms with Crippen LogP contribution in [0.25, 0.3) is 16.7 Å². The van der Waals surface area contributed by atoms with E-state index in [9.17, 15) is 0 Å². The molecule has 1 heterocycles. The molecular formula is C17H17ClN2. The Balaban J connectivity index is 2.40.